The predicted octanol–water partition coefficient (Wildman–Crippen LogP) is 3.58. The van der Waals surface area contributed by atoms with E-state index >= 15 is 0 Å². The second-order valence-corrected chi connectivity index (χ2v) is 6.29. The first-order valence-corrected chi connectivity index (χ1v) is 8.15. The van der Waals surface area contributed by atoms with E-state index in [4.69, 9.17) is 5.11 Å². The Balaban J connectivity index is 1.68. The minimum atomic E-state index is -0.659. The van der Waals surface area contributed by atoms with Crippen LogP contribution in [0.5, 0.6) is 0 Å². The zero-order valence-electron chi connectivity index (χ0n) is 13.0. The molecule has 0 spiro atoms. The lowest BCUT2D eigenvalue weighted by atomic mass is 9.91. The van der Waals surface area contributed by atoms with Gasteiger partial charge in [0.1, 0.15) is 0 Å². The largest absolute Gasteiger partial charge is 0.481 e. The highest BCUT2D eigenvalue weighted by atomic mass is 16.4. The van der Waals surface area contributed by atoms with Crippen molar-refractivity contribution < 1.29 is 9.90 Å². The summed E-state index contributed by atoms with van der Waals surface area (Å²) >= 11 is 0. The highest BCUT2D eigenvalue weighted by Crippen LogP contribution is 2.24. The lowest BCUT2D eigenvalue weighted by Gasteiger charge is -2.36. The van der Waals surface area contributed by atoms with Crippen LogP contribution in [0.1, 0.15) is 44.6 Å². The molecule has 1 saturated heterocycles. The third kappa shape index (κ3) is 5.50. The number of aliphatic carboxylic acids is 1. The highest BCUT2D eigenvalue weighted by molar-refractivity contribution is 5.66. The van der Waals surface area contributed by atoms with Gasteiger partial charge in [-0.1, -0.05) is 30.3 Å². The van der Waals surface area contributed by atoms with E-state index in [1.807, 2.05) is 0 Å². The third-order valence-electron chi connectivity index (χ3n) is 4.73. The lowest BCUT2D eigenvalue weighted by Crippen LogP contribution is -2.40. The summed E-state index contributed by atoms with van der Waals surface area (Å²) in [6.07, 6.45) is 5.83. The summed E-state index contributed by atoms with van der Waals surface area (Å²) in [6.45, 7) is 4.57. The van der Waals surface area contributed by atoms with E-state index in [0.717, 1.165) is 38.8 Å². The number of hydrogen-bond donors (Lipinski definition) is 1. The van der Waals surface area contributed by atoms with Crippen LogP contribution in [0.25, 0.3) is 0 Å². The molecule has 3 nitrogen and oxygen atoms in total. The van der Waals surface area contributed by atoms with Crippen LogP contribution in [0.15, 0.2) is 30.3 Å². The molecule has 1 unspecified atom stereocenters. The Bertz CT molecular complexity index is 424. The van der Waals surface area contributed by atoms with Crippen molar-refractivity contribution in [2.24, 2.45) is 5.92 Å². The number of piperidine rings is 1. The van der Waals surface area contributed by atoms with Crippen molar-refractivity contribution in [3.05, 3.63) is 35.9 Å². The molecule has 1 aromatic carbocycles. The molecule has 1 atom stereocenters. The summed E-state index contributed by atoms with van der Waals surface area (Å²) < 4.78 is 0. The zero-order valence-corrected chi connectivity index (χ0v) is 13.0. The number of likely N-dealkylation sites (tertiary alicyclic amines) is 1. The Morgan fingerprint density at radius 1 is 1.29 bits per heavy atom. The minimum Gasteiger partial charge on any atom is -0.481 e. The molecule has 0 amide bonds. The molecule has 1 aromatic rings. The van der Waals surface area contributed by atoms with Crippen molar-refractivity contribution in [2.75, 3.05) is 13.1 Å². The number of nitrogens with zero attached hydrogens (tertiary/aromatic N) is 1. The number of hydrogen-bond acceptors (Lipinski definition) is 2. The molecule has 0 saturated carbocycles. The number of carboxylic acid groups (broad SMARTS) is 1. The summed E-state index contributed by atoms with van der Waals surface area (Å²) in [5, 5.41) is 8.75. The Morgan fingerprint density at radius 3 is 2.57 bits per heavy atom. The zero-order chi connectivity index (χ0) is 15.1. The van der Waals surface area contributed by atoms with Crippen molar-refractivity contribution >= 4 is 5.97 Å². The van der Waals surface area contributed by atoms with Gasteiger partial charge in [-0.25, -0.2) is 0 Å². The van der Waals surface area contributed by atoms with Gasteiger partial charge in [0.05, 0.1) is 0 Å². The molecule has 0 radical (unpaired) electrons. The molecule has 0 aromatic heterocycles. The number of aryl methyl sites for hydroxylation is 1. The second-order valence-electron chi connectivity index (χ2n) is 6.29. The lowest BCUT2D eigenvalue weighted by molar-refractivity contribution is -0.137. The van der Waals surface area contributed by atoms with E-state index in [1.54, 1.807) is 0 Å². The summed E-state index contributed by atoms with van der Waals surface area (Å²) in [5.74, 6) is -0.0488. The van der Waals surface area contributed by atoms with Gasteiger partial charge < -0.3 is 10.0 Å². The summed E-state index contributed by atoms with van der Waals surface area (Å²) in [4.78, 5) is 13.2. The van der Waals surface area contributed by atoms with Crippen LogP contribution in [0, 0.1) is 5.92 Å². The number of benzene rings is 1. The van der Waals surface area contributed by atoms with Crippen LogP contribution in [-0.4, -0.2) is 35.1 Å². The third-order valence-corrected chi connectivity index (χ3v) is 4.73. The molecular weight excluding hydrogens is 262 g/mol. The van der Waals surface area contributed by atoms with Crippen LogP contribution in [0.3, 0.4) is 0 Å². The summed E-state index contributed by atoms with van der Waals surface area (Å²) in [5.41, 5.74) is 1.42. The van der Waals surface area contributed by atoms with Gasteiger partial charge in [0, 0.05) is 12.5 Å². The predicted molar refractivity (Wildman–Crippen MR) is 85.4 cm³/mol. The molecule has 0 bridgehead atoms. The van der Waals surface area contributed by atoms with Gasteiger partial charge in [-0.05, 0) is 63.6 Å². The molecule has 1 aliphatic heterocycles. The SMILES string of the molecule is CC(CCc1ccccc1)N1CCC(CCC(=O)O)CC1. The van der Waals surface area contributed by atoms with Crippen molar-refractivity contribution in [3.8, 4) is 0 Å². The van der Waals surface area contributed by atoms with Gasteiger partial charge in [0.2, 0.25) is 0 Å². The first-order chi connectivity index (χ1) is 10.1. The molecule has 1 heterocycles. The molecule has 2 rings (SSSR count). The fourth-order valence-corrected chi connectivity index (χ4v) is 3.21. The summed E-state index contributed by atoms with van der Waals surface area (Å²) in [6, 6.07) is 11.3. The van der Waals surface area contributed by atoms with Gasteiger partial charge in [-0.2, -0.15) is 0 Å². The van der Waals surface area contributed by atoms with Crippen molar-refractivity contribution in [1.82, 2.24) is 4.90 Å². The number of carboxylic acids is 1. The standard InChI is InChI=1S/C18H27NO2/c1-15(7-8-16-5-3-2-4-6-16)19-13-11-17(12-14-19)9-10-18(20)21/h2-6,15,17H,7-14H2,1H3,(H,20,21). The molecule has 116 valence electrons. The fourth-order valence-electron chi connectivity index (χ4n) is 3.21. The molecule has 0 aliphatic carbocycles. The van der Waals surface area contributed by atoms with E-state index in [0.29, 0.717) is 18.4 Å². The average molecular weight is 289 g/mol. The Hall–Kier alpha value is -1.35. The van der Waals surface area contributed by atoms with Gasteiger partial charge in [0.15, 0.2) is 0 Å². The number of rotatable bonds is 7. The van der Waals surface area contributed by atoms with Crippen molar-refractivity contribution in [2.45, 2.75) is 51.5 Å². The quantitative estimate of drug-likeness (QED) is 0.834. The van der Waals surface area contributed by atoms with Gasteiger partial charge in [-0.15, -0.1) is 0 Å². The average Bonchev–Trinajstić information content (AvgIpc) is 2.52. The normalized spacial score (nSPS) is 18.5. The first kappa shape index (κ1) is 16.0. The Morgan fingerprint density at radius 2 is 1.95 bits per heavy atom. The second kappa shape index (κ2) is 8.18. The monoisotopic (exact) mass is 289 g/mol. The highest BCUT2D eigenvalue weighted by Gasteiger charge is 2.22. The molecular formula is C18H27NO2. The molecule has 3 heteroatoms. The maximum atomic E-state index is 10.6. The van der Waals surface area contributed by atoms with E-state index in [2.05, 4.69) is 42.2 Å². The topological polar surface area (TPSA) is 40.5 Å². The van der Waals surface area contributed by atoms with Crippen LogP contribution in [0.4, 0.5) is 0 Å². The van der Waals surface area contributed by atoms with Crippen LogP contribution >= 0.6 is 0 Å². The van der Waals surface area contributed by atoms with Crippen molar-refractivity contribution in [1.29, 1.82) is 0 Å². The minimum absolute atomic E-state index is 0.328. The number of carbonyl (C=O) groups is 1. The smallest absolute Gasteiger partial charge is 0.303 e. The maximum absolute atomic E-state index is 10.6. The Kier molecular flexibility index (Phi) is 6.24. The Labute approximate surface area is 128 Å². The van der Waals surface area contributed by atoms with Gasteiger partial charge in [-0.3, -0.25) is 4.79 Å². The summed E-state index contributed by atoms with van der Waals surface area (Å²) in [7, 11) is 0. The van der Waals surface area contributed by atoms with E-state index < -0.39 is 5.97 Å². The van der Waals surface area contributed by atoms with E-state index in [1.165, 1.54) is 12.0 Å². The van der Waals surface area contributed by atoms with Crippen LogP contribution < -0.4 is 0 Å². The molecule has 1 N–H and O–H groups in total. The van der Waals surface area contributed by atoms with Crippen LogP contribution in [0.2, 0.25) is 0 Å². The van der Waals surface area contributed by atoms with Gasteiger partial charge >= 0.3 is 5.97 Å². The molecule has 1 aliphatic rings. The molecule has 21 heavy (non-hydrogen) atoms. The van der Waals surface area contributed by atoms with Crippen LogP contribution in [-0.2, 0) is 11.2 Å². The van der Waals surface area contributed by atoms with Crippen molar-refractivity contribution in [3.63, 3.8) is 0 Å². The first-order valence-electron chi connectivity index (χ1n) is 8.15. The molecule has 1 fully saturated rings. The maximum Gasteiger partial charge on any atom is 0.303 e. The van der Waals surface area contributed by atoms with E-state index in [9.17, 15) is 4.79 Å². The van der Waals surface area contributed by atoms with E-state index in [-0.39, 0.29) is 0 Å². The van der Waals surface area contributed by atoms with Gasteiger partial charge in [0.25, 0.3) is 0 Å². The fraction of sp³-hybridized carbons (Fsp3) is 0.611.